The van der Waals surface area contributed by atoms with E-state index in [0.717, 1.165) is 6.42 Å². The van der Waals surface area contributed by atoms with Gasteiger partial charge in [0.05, 0.1) is 0 Å². The zero-order valence-electron chi connectivity index (χ0n) is 8.21. The molecule has 0 spiro atoms. The van der Waals surface area contributed by atoms with Crippen LogP contribution >= 0.6 is 0 Å². The zero-order chi connectivity index (χ0) is 9.30. The Morgan fingerprint density at radius 2 is 1.67 bits per heavy atom. The van der Waals surface area contributed by atoms with Crippen molar-refractivity contribution in [1.29, 1.82) is 0 Å². The minimum Gasteiger partial charge on any atom is -0.369 e. The first-order chi connectivity index (χ1) is 5.54. The van der Waals surface area contributed by atoms with Crippen LogP contribution in [0.3, 0.4) is 0 Å². The van der Waals surface area contributed by atoms with Gasteiger partial charge in [-0.2, -0.15) is 0 Å². The molecule has 1 amide bonds. The van der Waals surface area contributed by atoms with Gasteiger partial charge in [-0.3, -0.25) is 4.79 Å². The molecule has 1 aliphatic carbocycles. The summed E-state index contributed by atoms with van der Waals surface area (Å²) in [5.74, 6) is 1.59. The first kappa shape index (κ1) is 9.56. The van der Waals surface area contributed by atoms with Crippen LogP contribution in [0.2, 0.25) is 0 Å². The third kappa shape index (κ3) is 1.62. The average molecular weight is 169 g/mol. The first-order valence-corrected chi connectivity index (χ1v) is 4.83. The van der Waals surface area contributed by atoms with E-state index in [9.17, 15) is 4.79 Å². The number of hydrogen-bond donors (Lipinski definition) is 1. The molecule has 1 aliphatic rings. The van der Waals surface area contributed by atoms with Crippen molar-refractivity contribution < 1.29 is 4.79 Å². The molecule has 0 aromatic rings. The molecule has 70 valence electrons. The van der Waals surface area contributed by atoms with Crippen LogP contribution in [-0.4, -0.2) is 5.91 Å². The van der Waals surface area contributed by atoms with Crippen molar-refractivity contribution in [3.05, 3.63) is 0 Å². The lowest BCUT2D eigenvalue weighted by Gasteiger charge is -2.36. The highest BCUT2D eigenvalue weighted by Gasteiger charge is 2.35. The summed E-state index contributed by atoms with van der Waals surface area (Å²) in [6.07, 6.45) is 2.39. The number of primary amides is 1. The fourth-order valence-electron chi connectivity index (χ4n) is 2.38. The lowest BCUT2D eigenvalue weighted by Crippen LogP contribution is -2.39. The van der Waals surface area contributed by atoms with Gasteiger partial charge in [-0.1, -0.05) is 27.2 Å². The van der Waals surface area contributed by atoms with Gasteiger partial charge in [-0.05, 0) is 24.2 Å². The van der Waals surface area contributed by atoms with E-state index in [4.69, 9.17) is 5.73 Å². The fourth-order valence-corrected chi connectivity index (χ4v) is 2.38. The third-order valence-electron chi connectivity index (χ3n) is 3.48. The van der Waals surface area contributed by atoms with Gasteiger partial charge in [0, 0.05) is 5.92 Å². The summed E-state index contributed by atoms with van der Waals surface area (Å²) in [7, 11) is 0. The summed E-state index contributed by atoms with van der Waals surface area (Å²) in [4.78, 5) is 11.1. The van der Waals surface area contributed by atoms with Gasteiger partial charge in [0.25, 0.3) is 0 Å². The summed E-state index contributed by atoms with van der Waals surface area (Å²) in [5, 5.41) is 0. The van der Waals surface area contributed by atoms with E-state index >= 15 is 0 Å². The Morgan fingerprint density at radius 1 is 1.17 bits per heavy atom. The van der Waals surface area contributed by atoms with Gasteiger partial charge < -0.3 is 5.73 Å². The molecule has 2 nitrogen and oxygen atoms in total. The standard InChI is InChI=1S/C10H19NO/c1-6-4-5-7(2)9(8(6)3)10(11)12/h6-9H,4-5H2,1-3H3,(H2,11,12)/t6-,7?,8-,9?/m1/s1. The van der Waals surface area contributed by atoms with E-state index in [2.05, 4.69) is 20.8 Å². The maximum Gasteiger partial charge on any atom is 0.221 e. The molecule has 0 aromatic heterocycles. The van der Waals surface area contributed by atoms with Crippen LogP contribution in [0, 0.1) is 23.7 Å². The van der Waals surface area contributed by atoms with Crippen molar-refractivity contribution in [3.8, 4) is 0 Å². The SMILES string of the molecule is CC1CC[C@@H](C)[C@@H](C)C1C(N)=O. The van der Waals surface area contributed by atoms with Gasteiger partial charge in [0.2, 0.25) is 5.91 Å². The van der Waals surface area contributed by atoms with Crippen LogP contribution in [-0.2, 0) is 4.79 Å². The van der Waals surface area contributed by atoms with Gasteiger partial charge in [-0.15, -0.1) is 0 Å². The van der Waals surface area contributed by atoms with Crippen molar-refractivity contribution >= 4 is 5.91 Å². The Labute approximate surface area is 74.5 Å². The number of carbonyl (C=O) groups is 1. The molecular formula is C10H19NO. The van der Waals surface area contributed by atoms with Crippen molar-refractivity contribution in [3.63, 3.8) is 0 Å². The van der Waals surface area contributed by atoms with Gasteiger partial charge in [-0.25, -0.2) is 0 Å². The van der Waals surface area contributed by atoms with Crippen molar-refractivity contribution in [2.45, 2.75) is 33.6 Å². The molecule has 0 radical (unpaired) electrons. The Hall–Kier alpha value is -0.530. The molecule has 2 unspecified atom stereocenters. The van der Waals surface area contributed by atoms with E-state index in [1.165, 1.54) is 6.42 Å². The second kappa shape index (κ2) is 3.46. The monoisotopic (exact) mass is 169 g/mol. The Balaban J connectivity index is 2.71. The molecule has 0 bridgehead atoms. The zero-order valence-corrected chi connectivity index (χ0v) is 8.21. The van der Waals surface area contributed by atoms with Crippen LogP contribution in [0.4, 0.5) is 0 Å². The Kier molecular flexibility index (Phi) is 2.76. The lowest BCUT2D eigenvalue weighted by molar-refractivity contribution is -0.127. The van der Waals surface area contributed by atoms with E-state index in [0.29, 0.717) is 17.8 Å². The predicted octanol–water partition coefficient (Wildman–Crippen LogP) is 1.79. The molecule has 1 saturated carbocycles. The van der Waals surface area contributed by atoms with Crippen molar-refractivity contribution in [2.24, 2.45) is 29.4 Å². The molecule has 12 heavy (non-hydrogen) atoms. The highest BCUT2D eigenvalue weighted by atomic mass is 16.1. The topological polar surface area (TPSA) is 43.1 Å². The average Bonchev–Trinajstić information content (AvgIpc) is 1.97. The number of carbonyl (C=O) groups excluding carboxylic acids is 1. The molecule has 0 saturated heterocycles. The van der Waals surface area contributed by atoms with Crippen LogP contribution in [0.5, 0.6) is 0 Å². The molecular weight excluding hydrogens is 150 g/mol. The summed E-state index contributed by atoms with van der Waals surface area (Å²) >= 11 is 0. The number of amides is 1. The fraction of sp³-hybridized carbons (Fsp3) is 0.900. The molecule has 0 aromatic carbocycles. The molecule has 0 aliphatic heterocycles. The lowest BCUT2D eigenvalue weighted by atomic mass is 9.68. The van der Waals surface area contributed by atoms with Crippen LogP contribution in [0.1, 0.15) is 33.6 Å². The second-order valence-electron chi connectivity index (χ2n) is 4.32. The summed E-state index contributed by atoms with van der Waals surface area (Å²) < 4.78 is 0. The Morgan fingerprint density at radius 3 is 2.08 bits per heavy atom. The maximum absolute atomic E-state index is 11.1. The predicted molar refractivity (Wildman–Crippen MR) is 49.4 cm³/mol. The number of rotatable bonds is 1. The third-order valence-corrected chi connectivity index (χ3v) is 3.48. The van der Waals surface area contributed by atoms with E-state index < -0.39 is 0 Å². The van der Waals surface area contributed by atoms with Crippen LogP contribution < -0.4 is 5.73 Å². The smallest absolute Gasteiger partial charge is 0.221 e. The molecule has 2 heteroatoms. The van der Waals surface area contributed by atoms with Crippen molar-refractivity contribution in [1.82, 2.24) is 0 Å². The van der Waals surface area contributed by atoms with E-state index in [-0.39, 0.29) is 11.8 Å². The molecule has 1 rings (SSSR count). The number of hydrogen-bond acceptors (Lipinski definition) is 1. The molecule has 4 atom stereocenters. The normalized spacial score (nSPS) is 42.6. The molecule has 0 heterocycles. The van der Waals surface area contributed by atoms with Gasteiger partial charge in [0.1, 0.15) is 0 Å². The maximum atomic E-state index is 11.1. The van der Waals surface area contributed by atoms with Crippen LogP contribution in [0.25, 0.3) is 0 Å². The summed E-state index contributed by atoms with van der Waals surface area (Å²) in [5.41, 5.74) is 5.37. The quantitative estimate of drug-likeness (QED) is 0.639. The Bertz CT molecular complexity index is 179. The molecule has 1 fully saturated rings. The van der Waals surface area contributed by atoms with Gasteiger partial charge in [0.15, 0.2) is 0 Å². The van der Waals surface area contributed by atoms with E-state index in [1.807, 2.05) is 0 Å². The molecule has 2 N–H and O–H groups in total. The first-order valence-electron chi connectivity index (χ1n) is 4.83. The second-order valence-corrected chi connectivity index (χ2v) is 4.32. The van der Waals surface area contributed by atoms with Crippen molar-refractivity contribution in [2.75, 3.05) is 0 Å². The van der Waals surface area contributed by atoms with Gasteiger partial charge >= 0.3 is 0 Å². The van der Waals surface area contributed by atoms with E-state index in [1.54, 1.807) is 0 Å². The highest BCUT2D eigenvalue weighted by Crippen LogP contribution is 2.37. The number of nitrogens with two attached hydrogens (primary N) is 1. The minimum absolute atomic E-state index is 0.105. The van der Waals surface area contributed by atoms with Crippen LogP contribution in [0.15, 0.2) is 0 Å². The summed E-state index contributed by atoms with van der Waals surface area (Å²) in [6.45, 7) is 6.50. The minimum atomic E-state index is -0.110. The largest absolute Gasteiger partial charge is 0.369 e. The highest BCUT2D eigenvalue weighted by molar-refractivity contribution is 5.77. The summed E-state index contributed by atoms with van der Waals surface area (Å²) in [6, 6.07) is 0.